The van der Waals surface area contributed by atoms with Gasteiger partial charge in [-0.1, -0.05) is 18.2 Å². The summed E-state index contributed by atoms with van der Waals surface area (Å²) in [6.45, 7) is 0. The molecule has 4 heteroatoms. The highest BCUT2D eigenvalue weighted by atomic mass is 16.7. The van der Waals surface area contributed by atoms with Crippen molar-refractivity contribution in [3.8, 4) is 0 Å². The smallest absolute Gasteiger partial charge is 0.151 e. The van der Waals surface area contributed by atoms with Gasteiger partial charge in [0, 0.05) is 6.42 Å². The van der Waals surface area contributed by atoms with E-state index in [0.29, 0.717) is 12.6 Å². The van der Waals surface area contributed by atoms with Crippen LogP contribution in [0.4, 0.5) is 5.69 Å². The van der Waals surface area contributed by atoms with Gasteiger partial charge in [0.25, 0.3) is 0 Å². The van der Waals surface area contributed by atoms with Gasteiger partial charge in [0.15, 0.2) is 6.29 Å². The third kappa shape index (κ3) is 3.37. The molecule has 1 rings (SSSR count). The molecular weight excluding hydrogens is 182 g/mol. The number of anilines is 1. The minimum Gasteiger partial charge on any atom is -0.303 e. The predicted octanol–water partition coefficient (Wildman–Crippen LogP) is 1.19. The minimum atomic E-state index is -0.729. The van der Waals surface area contributed by atoms with Gasteiger partial charge in [-0.25, -0.2) is 0 Å². The third-order valence-electron chi connectivity index (χ3n) is 1.58. The first-order valence-electron chi connectivity index (χ1n) is 4.22. The molecule has 0 spiro atoms. The number of carbonyl (C=O) groups is 2. The van der Waals surface area contributed by atoms with E-state index in [1.54, 1.807) is 12.1 Å². The molecule has 0 aromatic heterocycles. The Morgan fingerprint density at radius 2 is 2.00 bits per heavy atom. The highest BCUT2D eigenvalue weighted by Gasteiger charge is 2.06. The van der Waals surface area contributed by atoms with Gasteiger partial charge in [0.2, 0.25) is 0 Å². The molecule has 0 aliphatic rings. The first-order chi connectivity index (χ1) is 6.86. The van der Waals surface area contributed by atoms with Crippen molar-refractivity contribution in [1.29, 1.82) is 0 Å². The van der Waals surface area contributed by atoms with Crippen LogP contribution in [0.25, 0.3) is 0 Å². The quantitative estimate of drug-likeness (QED) is 0.544. The minimum absolute atomic E-state index is 0.0589. The van der Waals surface area contributed by atoms with E-state index in [1.165, 1.54) is 0 Å². The molecule has 0 saturated heterocycles. The summed E-state index contributed by atoms with van der Waals surface area (Å²) in [7, 11) is 0. The zero-order valence-electron chi connectivity index (χ0n) is 7.55. The highest BCUT2D eigenvalue weighted by Crippen LogP contribution is 2.05. The van der Waals surface area contributed by atoms with E-state index >= 15 is 0 Å². The number of hydrogen-bond donors (Lipinski definition) is 1. The Kier molecular flexibility index (Phi) is 4.37. The van der Waals surface area contributed by atoms with Crippen molar-refractivity contribution in [1.82, 2.24) is 0 Å². The summed E-state index contributed by atoms with van der Waals surface area (Å²) in [6.07, 6.45) is 0.562. The maximum absolute atomic E-state index is 10.4. The molecule has 1 N–H and O–H groups in total. The van der Waals surface area contributed by atoms with Crippen molar-refractivity contribution in [3.63, 3.8) is 0 Å². The summed E-state index contributed by atoms with van der Waals surface area (Å²) >= 11 is 0. The van der Waals surface area contributed by atoms with Crippen LogP contribution < -0.4 is 5.48 Å². The van der Waals surface area contributed by atoms with Crippen molar-refractivity contribution in [2.75, 3.05) is 5.48 Å². The molecule has 4 nitrogen and oxygen atoms in total. The standard InChI is InChI=1S/C10H11NO3/c12-7-6-10(8-13)14-11-9-4-2-1-3-5-9/h1-5,7-8,10-11H,6H2. The van der Waals surface area contributed by atoms with Crippen LogP contribution in [-0.4, -0.2) is 18.7 Å². The first kappa shape index (κ1) is 10.4. The fourth-order valence-corrected chi connectivity index (χ4v) is 0.876. The van der Waals surface area contributed by atoms with Crippen LogP contribution in [0.2, 0.25) is 0 Å². The van der Waals surface area contributed by atoms with Crippen LogP contribution in [0.5, 0.6) is 0 Å². The monoisotopic (exact) mass is 193 g/mol. The number of rotatable bonds is 6. The molecule has 0 amide bonds. The molecule has 0 aliphatic carbocycles. The lowest BCUT2D eigenvalue weighted by Crippen LogP contribution is -2.18. The van der Waals surface area contributed by atoms with Crippen molar-refractivity contribution in [3.05, 3.63) is 30.3 Å². The zero-order valence-corrected chi connectivity index (χ0v) is 7.55. The van der Waals surface area contributed by atoms with Gasteiger partial charge < -0.3 is 9.59 Å². The highest BCUT2D eigenvalue weighted by molar-refractivity contribution is 5.64. The topological polar surface area (TPSA) is 55.4 Å². The van der Waals surface area contributed by atoms with Crippen molar-refractivity contribution in [2.45, 2.75) is 12.5 Å². The molecule has 1 aromatic carbocycles. The van der Waals surface area contributed by atoms with Gasteiger partial charge in [-0.15, -0.1) is 0 Å². The van der Waals surface area contributed by atoms with E-state index in [-0.39, 0.29) is 6.42 Å². The van der Waals surface area contributed by atoms with Gasteiger partial charge in [0.05, 0.1) is 5.69 Å². The average Bonchev–Trinajstić information content (AvgIpc) is 2.25. The number of aldehydes is 2. The molecule has 74 valence electrons. The van der Waals surface area contributed by atoms with Crippen molar-refractivity contribution >= 4 is 18.3 Å². The third-order valence-corrected chi connectivity index (χ3v) is 1.58. The van der Waals surface area contributed by atoms with Crippen LogP contribution in [0, 0.1) is 0 Å². The number of hydrogen-bond acceptors (Lipinski definition) is 4. The van der Waals surface area contributed by atoms with E-state index in [2.05, 4.69) is 5.48 Å². The second-order valence-electron chi connectivity index (χ2n) is 2.66. The fraction of sp³-hybridized carbons (Fsp3) is 0.200. The van der Waals surface area contributed by atoms with Crippen LogP contribution in [0.3, 0.4) is 0 Å². The Morgan fingerprint density at radius 1 is 1.29 bits per heavy atom. The SMILES string of the molecule is O=CCC(C=O)ONc1ccccc1. The number of benzene rings is 1. The van der Waals surface area contributed by atoms with Crippen LogP contribution in [-0.2, 0) is 14.4 Å². The van der Waals surface area contributed by atoms with Gasteiger partial charge in [-0.05, 0) is 12.1 Å². The molecule has 0 bridgehead atoms. The molecule has 0 radical (unpaired) electrons. The summed E-state index contributed by atoms with van der Waals surface area (Å²) in [4.78, 5) is 25.5. The molecule has 0 fully saturated rings. The van der Waals surface area contributed by atoms with Crippen LogP contribution >= 0.6 is 0 Å². The van der Waals surface area contributed by atoms with Gasteiger partial charge >= 0.3 is 0 Å². The molecule has 0 saturated carbocycles. The molecule has 1 atom stereocenters. The number of nitrogens with one attached hydrogen (secondary N) is 1. The maximum atomic E-state index is 10.4. The van der Waals surface area contributed by atoms with Gasteiger partial charge in [0.1, 0.15) is 12.4 Å². The lowest BCUT2D eigenvalue weighted by molar-refractivity contribution is -0.120. The Labute approximate surface area is 81.8 Å². The lowest BCUT2D eigenvalue weighted by Gasteiger charge is -2.10. The molecule has 14 heavy (non-hydrogen) atoms. The fourth-order valence-electron chi connectivity index (χ4n) is 0.876. The summed E-state index contributed by atoms with van der Waals surface area (Å²) in [5.74, 6) is 0. The predicted molar refractivity (Wildman–Crippen MR) is 51.7 cm³/mol. The van der Waals surface area contributed by atoms with E-state index in [9.17, 15) is 9.59 Å². The zero-order chi connectivity index (χ0) is 10.2. The van der Waals surface area contributed by atoms with Gasteiger partial charge in [-0.3, -0.25) is 10.3 Å². The largest absolute Gasteiger partial charge is 0.303 e. The van der Waals surface area contributed by atoms with Crippen LogP contribution in [0.1, 0.15) is 6.42 Å². The maximum Gasteiger partial charge on any atom is 0.151 e. The van der Waals surface area contributed by atoms with Crippen molar-refractivity contribution < 1.29 is 14.4 Å². The van der Waals surface area contributed by atoms with E-state index < -0.39 is 6.10 Å². The second kappa shape index (κ2) is 5.88. The molecular formula is C10H11NO3. The van der Waals surface area contributed by atoms with Crippen LogP contribution in [0.15, 0.2) is 30.3 Å². The first-order valence-corrected chi connectivity index (χ1v) is 4.22. The lowest BCUT2D eigenvalue weighted by atomic mass is 10.3. The molecule has 0 aliphatic heterocycles. The molecule has 0 heterocycles. The molecule has 1 unspecified atom stereocenters. The van der Waals surface area contributed by atoms with Crippen molar-refractivity contribution in [2.24, 2.45) is 0 Å². The Morgan fingerprint density at radius 3 is 2.57 bits per heavy atom. The summed E-state index contributed by atoms with van der Waals surface area (Å²) in [6, 6.07) is 9.13. The summed E-state index contributed by atoms with van der Waals surface area (Å²) in [5, 5.41) is 0. The average molecular weight is 193 g/mol. The van der Waals surface area contributed by atoms with E-state index in [1.807, 2.05) is 18.2 Å². The summed E-state index contributed by atoms with van der Waals surface area (Å²) < 4.78 is 0. The Hall–Kier alpha value is -1.68. The van der Waals surface area contributed by atoms with E-state index in [0.717, 1.165) is 5.69 Å². The summed E-state index contributed by atoms with van der Waals surface area (Å²) in [5.41, 5.74) is 3.33. The Balaban J connectivity index is 2.39. The van der Waals surface area contributed by atoms with Gasteiger partial charge in [-0.2, -0.15) is 0 Å². The number of para-hydroxylation sites is 1. The normalized spacial score (nSPS) is 11.7. The Bertz CT molecular complexity index is 287. The van der Waals surface area contributed by atoms with E-state index in [4.69, 9.17) is 4.84 Å². The molecule has 1 aromatic rings. The second-order valence-corrected chi connectivity index (χ2v) is 2.66. The number of carbonyl (C=O) groups excluding carboxylic acids is 2.